The number of benzene rings is 2. The molecule has 1 saturated heterocycles. The van der Waals surface area contributed by atoms with Crippen LogP contribution >= 0.6 is 22.7 Å². The lowest BCUT2D eigenvalue weighted by Crippen LogP contribution is -2.54. The molecule has 1 saturated carbocycles. The van der Waals surface area contributed by atoms with Crippen LogP contribution in [0.3, 0.4) is 0 Å². The van der Waals surface area contributed by atoms with Crippen molar-refractivity contribution in [3.63, 3.8) is 0 Å². The van der Waals surface area contributed by atoms with Gasteiger partial charge in [-0.05, 0) is 111 Å². The maximum absolute atomic E-state index is 13.8. The second-order valence-electron chi connectivity index (χ2n) is 23.5. The van der Waals surface area contributed by atoms with Crippen LogP contribution in [0.1, 0.15) is 126 Å². The highest BCUT2D eigenvalue weighted by Gasteiger charge is 2.43. The second kappa shape index (κ2) is 33.5. The molecule has 3 aromatic heterocycles. The highest BCUT2D eigenvalue weighted by molar-refractivity contribution is 7.17. The SMILES string of the molecule is CCN(C(=O)Cn1c(C(=O)N[C@H]2CC[C@H](C(=O)NCCCCCCCC(=O)NCCOCCOCCOCCC(=O)NC(C(=O)N3C[C@@H](O)[C@H](C(=O)NCc4ccc(-c5scnc5C)cc4)C3)C(C)(C)C)CC2)cc2sccc21)c1cccc(C)c1. The predicted octanol–water partition coefficient (Wildman–Crippen LogP) is 7.46. The molecule has 1 aliphatic heterocycles. The summed E-state index contributed by atoms with van der Waals surface area (Å²) in [5.74, 6) is -2.19. The largest absolute Gasteiger partial charge is 0.390 e. The Morgan fingerprint density at radius 3 is 2.16 bits per heavy atom. The summed E-state index contributed by atoms with van der Waals surface area (Å²) in [7, 11) is 0. The van der Waals surface area contributed by atoms with Crippen molar-refractivity contribution in [1.29, 1.82) is 0 Å². The van der Waals surface area contributed by atoms with E-state index in [0.29, 0.717) is 83.9 Å². The van der Waals surface area contributed by atoms with Gasteiger partial charge >= 0.3 is 0 Å². The van der Waals surface area contributed by atoms with Crippen molar-refractivity contribution in [1.82, 2.24) is 41.0 Å². The number of likely N-dealkylation sites (tertiary alicyclic amines) is 1. The maximum atomic E-state index is 13.8. The first-order chi connectivity index (χ1) is 41.4. The minimum Gasteiger partial charge on any atom is -0.390 e. The number of anilines is 1. The first-order valence-corrected chi connectivity index (χ1v) is 32.2. The number of likely N-dealkylation sites (N-methyl/N-ethyl adjacent to an activating group) is 1. The van der Waals surface area contributed by atoms with Gasteiger partial charge in [-0.15, -0.1) is 22.7 Å². The molecule has 6 N–H and O–H groups in total. The molecule has 3 atom stereocenters. The number of nitrogens with zero attached hydrogens (tertiary/aromatic N) is 4. The summed E-state index contributed by atoms with van der Waals surface area (Å²) in [4.78, 5) is 101. The normalized spacial score (nSPS) is 17.3. The Bertz CT molecular complexity index is 3020. The molecule has 86 heavy (non-hydrogen) atoms. The Labute approximate surface area is 513 Å². The van der Waals surface area contributed by atoms with E-state index in [1.54, 1.807) is 27.6 Å². The lowest BCUT2D eigenvalue weighted by atomic mass is 9.85. The standard InChI is InChI=1S/C64H89N9O11S2/c1-7-72(49-15-13-14-43(2)36-49)57(77)41-73-51-26-35-85-54(51)37-52(73)62(80)69-48-23-21-47(22-24-48)60(78)66-27-12-10-8-9-11-16-55(75)65-28-30-83-32-34-84-33-31-82-29-25-56(76)70-59(64(4,5)6)63(81)71-39-50(53(74)40-71)61(79)67-38-45-17-19-46(20-18-45)58-44(3)68-42-86-58/h13-15,17-20,26,35-37,42,47-48,50,53,59,74H,7-12,16,21-25,27-34,38-41H2,1-6H3,(H,65,75)(H,66,78)(H,67,79)(H,69,80)(H,70,76)/t47-,48-,50-,53-,59?/m1/s1. The molecule has 7 amide bonds. The van der Waals surface area contributed by atoms with Gasteiger partial charge in [-0.2, -0.15) is 0 Å². The van der Waals surface area contributed by atoms with Crippen molar-refractivity contribution in [3.05, 3.63) is 94.1 Å². The number of rotatable bonds is 33. The van der Waals surface area contributed by atoms with Gasteiger partial charge in [-0.1, -0.05) is 76.4 Å². The number of carbonyl (C=O) groups is 7. The number of fused-ring (bicyclic) bond motifs is 1. The maximum Gasteiger partial charge on any atom is 0.268 e. The number of hydrogen-bond acceptors (Lipinski definition) is 14. The van der Waals surface area contributed by atoms with Crippen LogP contribution in [0.25, 0.3) is 20.7 Å². The van der Waals surface area contributed by atoms with E-state index >= 15 is 0 Å². The Hall–Kier alpha value is -6.56. The fourth-order valence-corrected chi connectivity index (χ4v) is 12.6. The van der Waals surface area contributed by atoms with Gasteiger partial charge in [0.2, 0.25) is 35.4 Å². The molecule has 7 rings (SSSR count). The molecular formula is C64H89N9O11S2. The predicted molar refractivity (Wildman–Crippen MR) is 335 cm³/mol. The summed E-state index contributed by atoms with van der Waals surface area (Å²) in [6.45, 7) is 15.1. The highest BCUT2D eigenvalue weighted by Crippen LogP contribution is 2.31. The number of β-amino-alcohol motifs (C(OH)–C–C–N with tert-alkyl or cyclic N) is 1. The minimum atomic E-state index is -1.04. The smallest absolute Gasteiger partial charge is 0.268 e. The summed E-state index contributed by atoms with van der Waals surface area (Å²) < 4.78 is 19.5. The van der Waals surface area contributed by atoms with Gasteiger partial charge in [-0.25, -0.2) is 4.98 Å². The molecule has 0 radical (unpaired) electrons. The topological polar surface area (TPSA) is 252 Å². The summed E-state index contributed by atoms with van der Waals surface area (Å²) in [6.07, 6.45) is 6.74. The Morgan fingerprint density at radius 1 is 0.756 bits per heavy atom. The van der Waals surface area contributed by atoms with E-state index in [2.05, 4.69) is 31.6 Å². The van der Waals surface area contributed by atoms with E-state index in [1.165, 1.54) is 4.90 Å². The van der Waals surface area contributed by atoms with E-state index in [9.17, 15) is 38.7 Å². The fourth-order valence-electron chi connectivity index (χ4n) is 10.9. The molecule has 1 aliphatic carbocycles. The number of nitrogens with one attached hydrogen (secondary N) is 5. The number of aliphatic hydroxyl groups excluding tert-OH is 1. The summed E-state index contributed by atoms with van der Waals surface area (Å²) in [6, 6.07) is 18.6. The Kier molecular flexibility index (Phi) is 26.1. The van der Waals surface area contributed by atoms with Crippen molar-refractivity contribution >= 4 is 79.9 Å². The van der Waals surface area contributed by atoms with Crippen LogP contribution in [0.2, 0.25) is 0 Å². The third-order valence-corrected chi connectivity index (χ3v) is 17.7. The number of aromatic nitrogens is 2. The van der Waals surface area contributed by atoms with Gasteiger partial charge in [0.05, 0.1) is 78.0 Å². The molecule has 2 fully saturated rings. The summed E-state index contributed by atoms with van der Waals surface area (Å²) >= 11 is 3.12. The van der Waals surface area contributed by atoms with Gasteiger partial charge in [0.15, 0.2) is 0 Å². The van der Waals surface area contributed by atoms with Gasteiger partial charge in [0, 0.05) is 69.8 Å². The highest BCUT2D eigenvalue weighted by atomic mass is 32.1. The average Bonchev–Trinajstić information content (AvgIpc) is 2.59. The Balaban J connectivity index is 0.647. The van der Waals surface area contributed by atoms with Crippen molar-refractivity contribution in [2.75, 3.05) is 77.3 Å². The molecule has 0 spiro atoms. The van der Waals surface area contributed by atoms with Crippen LogP contribution in [0.5, 0.6) is 0 Å². The number of aliphatic hydroxyl groups is 1. The number of thiophene rings is 1. The van der Waals surface area contributed by atoms with Crippen molar-refractivity contribution in [2.24, 2.45) is 17.3 Å². The summed E-state index contributed by atoms with van der Waals surface area (Å²) in [5, 5.41) is 27.8. The minimum absolute atomic E-state index is 0.0144. The molecule has 2 aromatic carbocycles. The zero-order chi connectivity index (χ0) is 61.6. The van der Waals surface area contributed by atoms with Crippen molar-refractivity contribution in [2.45, 2.75) is 143 Å². The fraction of sp³-hybridized carbons (Fsp3) is 0.562. The van der Waals surface area contributed by atoms with Crippen LogP contribution in [0.15, 0.2) is 71.6 Å². The number of amides is 7. The lowest BCUT2D eigenvalue weighted by Gasteiger charge is -2.33. The molecule has 468 valence electrons. The molecule has 20 nitrogen and oxygen atoms in total. The Morgan fingerprint density at radius 2 is 1.47 bits per heavy atom. The number of thiazole rings is 1. The number of carbonyl (C=O) groups excluding carboxylic acids is 7. The molecule has 0 bridgehead atoms. The van der Waals surface area contributed by atoms with Crippen LogP contribution in [-0.2, 0) is 56.1 Å². The zero-order valence-corrected chi connectivity index (χ0v) is 52.6. The van der Waals surface area contributed by atoms with Gasteiger partial charge in [-0.3, -0.25) is 33.6 Å². The van der Waals surface area contributed by atoms with Crippen LogP contribution in [0.4, 0.5) is 5.69 Å². The molecule has 4 heterocycles. The first-order valence-electron chi connectivity index (χ1n) is 30.5. The van der Waals surface area contributed by atoms with Gasteiger partial charge in [0.25, 0.3) is 5.91 Å². The van der Waals surface area contributed by atoms with Crippen LogP contribution in [0, 0.1) is 31.1 Å². The van der Waals surface area contributed by atoms with E-state index in [0.717, 1.165) is 75.3 Å². The molecule has 22 heteroatoms. The molecule has 2 aliphatic rings. The number of unbranched alkanes of at least 4 members (excludes halogenated alkanes) is 4. The van der Waals surface area contributed by atoms with Crippen molar-refractivity contribution < 1.29 is 52.9 Å². The number of aryl methyl sites for hydroxylation is 2. The lowest BCUT2D eigenvalue weighted by molar-refractivity contribution is -0.139. The molecule has 5 aromatic rings. The van der Waals surface area contributed by atoms with Gasteiger partial charge in [0.1, 0.15) is 18.3 Å². The monoisotopic (exact) mass is 1220 g/mol. The summed E-state index contributed by atoms with van der Waals surface area (Å²) in [5.41, 5.74) is 7.33. The first kappa shape index (κ1) is 67.0. The number of ether oxygens (including phenoxy) is 3. The van der Waals surface area contributed by atoms with E-state index in [4.69, 9.17) is 14.2 Å². The third kappa shape index (κ3) is 20.0. The van der Waals surface area contributed by atoms with Crippen molar-refractivity contribution in [3.8, 4) is 10.4 Å². The van der Waals surface area contributed by atoms with Crippen LogP contribution < -0.4 is 31.5 Å². The average molecular weight is 1220 g/mol. The van der Waals surface area contributed by atoms with E-state index in [1.807, 2.05) is 118 Å². The molecular weight excluding hydrogens is 1130 g/mol. The third-order valence-electron chi connectivity index (χ3n) is 15.9. The van der Waals surface area contributed by atoms with E-state index < -0.39 is 23.5 Å². The number of hydrogen-bond donors (Lipinski definition) is 6. The van der Waals surface area contributed by atoms with E-state index in [-0.39, 0.29) is 99.1 Å². The quantitative estimate of drug-likeness (QED) is 0.0224. The molecule has 1 unspecified atom stereocenters. The van der Waals surface area contributed by atoms with Gasteiger partial charge < -0.3 is 60.3 Å². The zero-order valence-electron chi connectivity index (χ0n) is 50.9. The second-order valence-corrected chi connectivity index (χ2v) is 25.3. The van der Waals surface area contributed by atoms with Crippen LogP contribution in [-0.4, -0.2) is 151 Å².